The zero-order valence-electron chi connectivity index (χ0n) is 17.7. The standard InChI is InChI=1S/C21H19ClF6N2O3S/c1-2-4-15-19(18(22)32,33-12-9-16(34-11-12)21(26,27)28)6-3-8-30(15)17(31)13-10-29-7-5-14(13)20(23,24)25/h5,7,9-11,15H,2-4,6,8H2,1H3/t15-,19-/m1/s1. The minimum atomic E-state index is -4.83. The summed E-state index contributed by atoms with van der Waals surface area (Å²) in [6.07, 6.45) is -7.16. The molecule has 3 heterocycles. The van der Waals surface area contributed by atoms with Crippen LogP contribution in [0.25, 0.3) is 0 Å². The minimum Gasteiger partial charge on any atom is -0.475 e. The molecule has 34 heavy (non-hydrogen) atoms. The van der Waals surface area contributed by atoms with Crippen molar-refractivity contribution in [2.75, 3.05) is 6.54 Å². The number of carbonyl (C=O) groups excluding carboxylic acids is 2. The number of hydrogen-bond acceptors (Lipinski definition) is 5. The number of nitrogens with zero attached hydrogens (tertiary/aromatic N) is 2. The third-order valence-electron chi connectivity index (χ3n) is 5.53. The average molecular weight is 529 g/mol. The molecule has 1 aliphatic heterocycles. The van der Waals surface area contributed by atoms with Crippen molar-refractivity contribution in [2.24, 2.45) is 0 Å². The van der Waals surface area contributed by atoms with Gasteiger partial charge in [-0.05, 0) is 36.9 Å². The first-order valence-electron chi connectivity index (χ1n) is 10.2. The van der Waals surface area contributed by atoms with E-state index in [0.717, 1.165) is 28.7 Å². The van der Waals surface area contributed by atoms with Gasteiger partial charge in [0.05, 0.1) is 17.2 Å². The topological polar surface area (TPSA) is 59.5 Å². The molecule has 0 spiro atoms. The van der Waals surface area contributed by atoms with Gasteiger partial charge in [0.25, 0.3) is 11.1 Å². The Balaban J connectivity index is 2.04. The van der Waals surface area contributed by atoms with Crippen molar-refractivity contribution in [3.05, 3.63) is 45.9 Å². The van der Waals surface area contributed by atoms with Gasteiger partial charge in [0.15, 0.2) is 0 Å². The van der Waals surface area contributed by atoms with Crippen LogP contribution < -0.4 is 4.74 Å². The van der Waals surface area contributed by atoms with Crippen LogP contribution in [0.5, 0.6) is 5.75 Å². The Morgan fingerprint density at radius 2 is 1.97 bits per heavy atom. The molecule has 0 aliphatic carbocycles. The molecular formula is C21H19ClF6N2O3S. The van der Waals surface area contributed by atoms with Crippen molar-refractivity contribution < 1.29 is 40.7 Å². The molecule has 0 bridgehead atoms. The number of aromatic nitrogens is 1. The smallest absolute Gasteiger partial charge is 0.425 e. The molecule has 3 rings (SSSR count). The van der Waals surface area contributed by atoms with Crippen LogP contribution in [0.3, 0.4) is 0 Å². The molecule has 1 saturated heterocycles. The highest BCUT2D eigenvalue weighted by molar-refractivity contribution is 7.10. The largest absolute Gasteiger partial charge is 0.475 e. The zero-order chi connectivity index (χ0) is 25.3. The van der Waals surface area contributed by atoms with E-state index in [4.69, 9.17) is 16.3 Å². The molecule has 0 aromatic carbocycles. The summed E-state index contributed by atoms with van der Waals surface area (Å²) in [6, 6.07) is 0.282. The second-order valence-corrected chi connectivity index (χ2v) is 8.99. The number of pyridine rings is 1. The van der Waals surface area contributed by atoms with Gasteiger partial charge < -0.3 is 9.64 Å². The number of amides is 1. The highest BCUT2D eigenvalue weighted by atomic mass is 35.5. The number of rotatable bonds is 6. The highest BCUT2D eigenvalue weighted by Crippen LogP contribution is 2.42. The van der Waals surface area contributed by atoms with E-state index in [2.05, 4.69) is 4.98 Å². The van der Waals surface area contributed by atoms with Gasteiger partial charge in [0.2, 0.25) is 5.60 Å². The average Bonchev–Trinajstić information content (AvgIpc) is 3.23. The predicted octanol–water partition coefficient (Wildman–Crippen LogP) is 6.17. The fourth-order valence-electron chi connectivity index (χ4n) is 4.08. The summed E-state index contributed by atoms with van der Waals surface area (Å²) < 4.78 is 85.3. The number of carbonyl (C=O) groups is 2. The van der Waals surface area contributed by atoms with E-state index in [1.54, 1.807) is 6.92 Å². The summed E-state index contributed by atoms with van der Waals surface area (Å²) in [6.45, 7) is 1.72. The Kier molecular flexibility index (Phi) is 7.51. The molecular weight excluding hydrogens is 510 g/mol. The van der Waals surface area contributed by atoms with Crippen molar-refractivity contribution in [1.29, 1.82) is 0 Å². The third kappa shape index (κ3) is 5.17. The fourth-order valence-corrected chi connectivity index (χ4v) is 5.01. The Morgan fingerprint density at radius 3 is 2.53 bits per heavy atom. The molecule has 1 amide bonds. The summed E-state index contributed by atoms with van der Waals surface area (Å²) in [4.78, 5) is 29.7. The number of hydrogen-bond donors (Lipinski definition) is 0. The summed E-state index contributed by atoms with van der Waals surface area (Å²) in [7, 11) is 0. The van der Waals surface area contributed by atoms with Crippen molar-refractivity contribution in [3.63, 3.8) is 0 Å². The molecule has 0 unspecified atom stereocenters. The first-order valence-corrected chi connectivity index (χ1v) is 11.4. The van der Waals surface area contributed by atoms with Gasteiger partial charge in [0.1, 0.15) is 10.6 Å². The number of alkyl halides is 6. The zero-order valence-corrected chi connectivity index (χ0v) is 19.2. The van der Waals surface area contributed by atoms with Crippen molar-refractivity contribution in [3.8, 4) is 5.75 Å². The van der Waals surface area contributed by atoms with Gasteiger partial charge in [-0.25, -0.2) is 0 Å². The summed E-state index contributed by atoms with van der Waals surface area (Å²) in [5, 5.41) is 0.0160. The summed E-state index contributed by atoms with van der Waals surface area (Å²) >= 11 is 6.26. The van der Waals surface area contributed by atoms with Gasteiger partial charge in [-0.2, -0.15) is 26.3 Å². The number of ether oxygens (including phenoxy) is 1. The van der Waals surface area contributed by atoms with Crippen LogP contribution >= 0.6 is 22.9 Å². The number of thiophene rings is 1. The van der Waals surface area contributed by atoms with E-state index in [1.165, 1.54) is 0 Å². The first kappa shape index (κ1) is 26.3. The van der Waals surface area contributed by atoms with Gasteiger partial charge in [0, 0.05) is 30.4 Å². The molecule has 186 valence electrons. The van der Waals surface area contributed by atoms with Crippen molar-refractivity contribution >= 4 is 34.1 Å². The second-order valence-electron chi connectivity index (χ2n) is 7.74. The molecule has 1 aliphatic rings. The lowest BCUT2D eigenvalue weighted by atomic mass is 9.82. The Bertz CT molecular complexity index is 1060. The Hall–Kier alpha value is -2.34. The maximum absolute atomic E-state index is 13.5. The van der Waals surface area contributed by atoms with Gasteiger partial charge in [-0.1, -0.05) is 13.3 Å². The summed E-state index contributed by atoms with van der Waals surface area (Å²) in [5.41, 5.74) is -3.83. The lowest BCUT2D eigenvalue weighted by Crippen LogP contribution is -2.64. The van der Waals surface area contributed by atoms with Crippen molar-refractivity contribution in [1.82, 2.24) is 9.88 Å². The van der Waals surface area contributed by atoms with Gasteiger partial charge >= 0.3 is 12.4 Å². The molecule has 5 nitrogen and oxygen atoms in total. The van der Waals surface area contributed by atoms with Gasteiger partial charge in [-0.15, -0.1) is 11.3 Å². The van der Waals surface area contributed by atoms with Crippen LogP contribution in [0.4, 0.5) is 26.3 Å². The molecule has 0 saturated carbocycles. The van der Waals surface area contributed by atoms with Gasteiger partial charge in [-0.3, -0.25) is 14.6 Å². The predicted molar refractivity (Wildman–Crippen MR) is 112 cm³/mol. The van der Waals surface area contributed by atoms with Crippen LogP contribution in [0, 0.1) is 0 Å². The lowest BCUT2D eigenvalue weighted by molar-refractivity contribution is -0.139. The van der Waals surface area contributed by atoms with Crippen LogP contribution in [0.2, 0.25) is 0 Å². The quantitative estimate of drug-likeness (QED) is 0.332. The van der Waals surface area contributed by atoms with E-state index in [-0.39, 0.29) is 31.6 Å². The van der Waals surface area contributed by atoms with E-state index < -0.39 is 51.1 Å². The maximum Gasteiger partial charge on any atom is 0.425 e. The highest BCUT2D eigenvalue weighted by Gasteiger charge is 2.53. The molecule has 2 aromatic heterocycles. The Labute approximate surface area is 199 Å². The van der Waals surface area contributed by atoms with Crippen LogP contribution in [-0.4, -0.2) is 39.2 Å². The van der Waals surface area contributed by atoms with E-state index in [9.17, 15) is 35.9 Å². The molecule has 1 fully saturated rings. The fraction of sp³-hybridized carbons (Fsp3) is 0.476. The SMILES string of the molecule is CCC[C@H]1N(C(=O)c2cnccc2C(F)(F)F)CCC[C@]1(Oc1csc(C(F)(F)F)c1)C(=O)Cl. The molecule has 2 aromatic rings. The maximum atomic E-state index is 13.5. The minimum absolute atomic E-state index is 0.00239. The monoisotopic (exact) mass is 528 g/mol. The number of halogens is 7. The first-order chi connectivity index (χ1) is 15.8. The molecule has 0 radical (unpaired) electrons. The van der Waals surface area contributed by atoms with Crippen LogP contribution in [0.1, 0.15) is 53.4 Å². The summed E-state index contributed by atoms with van der Waals surface area (Å²) in [5.74, 6) is -1.29. The number of piperidine rings is 1. The Morgan fingerprint density at radius 1 is 1.26 bits per heavy atom. The van der Waals surface area contributed by atoms with Crippen LogP contribution in [0.15, 0.2) is 29.9 Å². The lowest BCUT2D eigenvalue weighted by Gasteiger charge is -2.47. The van der Waals surface area contributed by atoms with E-state index >= 15 is 0 Å². The van der Waals surface area contributed by atoms with Crippen LogP contribution in [-0.2, 0) is 17.1 Å². The molecule has 0 N–H and O–H groups in total. The molecule has 2 atom stereocenters. The second kappa shape index (κ2) is 9.73. The van der Waals surface area contributed by atoms with Crippen molar-refractivity contribution in [2.45, 2.75) is 56.6 Å². The normalized spacial score (nSPS) is 21.4. The molecule has 13 heteroatoms. The van der Waals surface area contributed by atoms with E-state index in [1.807, 2.05) is 0 Å². The third-order valence-corrected chi connectivity index (χ3v) is 6.80. The number of likely N-dealkylation sites (tertiary alicyclic amines) is 1. The van der Waals surface area contributed by atoms with E-state index in [0.29, 0.717) is 23.8 Å².